The Labute approximate surface area is 106 Å². The molecule has 3 heteroatoms. The van der Waals surface area contributed by atoms with Crippen LogP contribution in [-0.2, 0) is 0 Å². The van der Waals surface area contributed by atoms with Crippen LogP contribution in [0.3, 0.4) is 0 Å². The predicted octanol–water partition coefficient (Wildman–Crippen LogP) is 4.49. The van der Waals surface area contributed by atoms with E-state index >= 15 is 0 Å². The molecule has 2 rings (SSSR count). The molecule has 0 amide bonds. The van der Waals surface area contributed by atoms with Crippen LogP contribution in [0.4, 0.5) is 4.39 Å². The van der Waals surface area contributed by atoms with Crippen molar-refractivity contribution in [2.45, 2.75) is 32.2 Å². The van der Waals surface area contributed by atoms with Crippen molar-refractivity contribution in [2.24, 2.45) is 0 Å². The predicted molar refractivity (Wildman–Crippen MR) is 73.1 cm³/mol. The number of halogens is 1. The van der Waals surface area contributed by atoms with Crippen LogP contribution in [0.5, 0.6) is 0 Å². The highest BCUT2D eigenvalue weighted by molar-refractivity contribution is 7.19. The van der Waals surface area contributed by atoms with E-state index in [1.54, 1.807) is 17.4 Å². The van der Waals surface area contributed by atoms with Gasteiger partial charge in [0.2, 0.25) is 0 Å². The number of benzene rings is 1. The van der Waals surface area contributed by atoms with Gasteiger partial charge in [0.1, 0.15) is 5.82 Å². The zero-order valence-electron chi connectivity index (χ0n) is 10.3. The van der Waals surface area contributed by atoms with Crippen molar-refractivity contribution in [3.63, 3.8) is 0 Å². The number of nitrogens with one attached hydrogen (secondary N) is 1. The van der Waals surface area contributed by atoms with E-state index in [1.165, 1.54) is 23.8 Å². The monoisotopic (exact) mass is 251 g/mol. The van der Waals surface area contributed by atoms with Gasteiger partial charge in [0.25, 0.3) is 0 Å². The van der Waals surface area contributed by atoms with Crippen molar-refractivity contribution in [3.05, 3.63) is 35.0 Å². The van der Waals surface area contributed by atoms with E-state index in [4.69, 9.17) is 0 Å². The van der Waals surface area contributed by atoms with Gasteiger partial charge in [-0.25, -0.2) is 4.39 Å². The van der Waals surface area contributed by atoms with E-state index in [-0.39, 0.29) is 5.82 Å². The molecule has 1 aromatic carbocycles. The number of rotatable bonds is 5. The fraction of sp³-hybridized carbons (Fsp3) is 0.429. The third kappa shape index (κ3) is 2.85. The number of hydrogen-bond donors (Lipinski definition) is 1. The molecule has 1 N–H and O–H groups in total. The summed E-state index contributed by atoms with van der Waals surface area (Å²) in [7, 11) is 1.99. The minimum absolute atomic E-state index is 0.152. The molecule has 2 aromatic rings. The molecule has 1 heterocycles. The van der Waals surface area contributed by atoms with Crippen LogP contribution < -0.4 is 5.32 Å². The molecule has 0 aliphatic heterocycles. The molecule has 0 radical (unpaired) electrons. The molecule has 0 saturated heterocycles. The highest BCUT2D eigenvalue weighted by Gasteiger charge is 2.12. The van der Waals surface area contributed by atoms with Crippen LogP contribution in [-0.4, -0.2) is 7.05 Å². The second-order valence-electron chi connectivity index (χ2n) is 4.31. The molecule has 0 aliphatic carbocycles. The summed E-state index contributed by atoms with van der Waals surface area (Å²) in [6, 6.07) is 7.58. The smallest absolute Gasteiger partial charge is 0.124 e. The molecule has 0 spiro atoms. The highest BCUT2D eigenvalue weighted by Crippen LogP contribution is 2.32. The lowest BCUT2D eigenvalue weighted by atomic mass is 10.1. The lowest BCUT2D eigenvalue weighted by molar-refractivity contribution is 0.530. The maximum atomic E-state index is 13.1. The number of hydrogen-bond acceptors (Lipinski definition) is 2. The summed E-state index contributed by atoms with van der Waals surface area (Å²) in [6.07, 6.45) is 3.56. The molecule has 0 saturated carbocycles. The standard InChI is InChI=1S/C14H18FNS/c1-3-4-5-12(16-2)14-8-10-6-7-11(15)9-13(10)17-14/h6-9,12,16H,3-5H2,1-2H3. The molecule has 92 valence electrons. The van der Waals surface area contributed by atoms with E-state index in [9.17, 15) is 4.39 Å². The zero-order valence-corrected chi connectivity index (χ0v) is 11.1. The van der Waals surface area contributed by atoms with Crippen LogP contribution in [0.15, 0.2) is 24.3 Å². The topological polar surface area (TPSA) is 12.0 Å². The number of unbranched alkanes of at least 4 members (excludes halogenated alkanes) is 1. The summed E-state index contributed by atoms with van der Waals surface area (Å²) in [5.74, 6) is -0.152. The molecular weight excluding hydrogens is 233 g/mol. The van der Waals surface area contributed by atoms with Crippen molar-refractivity contribution < 1.29 is 4.39 Å². The van der Waals surface area contributed by atoms with E-state index in [0.717, 1.165) is 16.5 Å². The van der Waals surface area contributed by atoms with Gasteiger partial charge >= 0.3 is 0 Å². The summed E-state index contributed by atoms with van der Waals surface area (Å²) in [6.45, 7) is 2.20. The summed E-state index contributed by atoms with van der Waals surface area (Å²) >= 11 is 1.69. The van der Waals surface area contributed by atoms with Gasteiger partial charge in [-0.3, -0.25) is 0 Å². The number of thiophene rings is 1. The Kier molecular flexibility index (Phi) is 4.13. The van der Waals surface area contributed by atoms with E-state index in [1.807, 2.05) is 13.1 Å². The molecule has 0 bridgehead atoms. The molecule has 0 fully saturated rings. The van der Waals surface area contributed by atoms with Crippen LogP contribution >= 0.6 is 11.3 Å². The first-order valence-electron chi connectivity index (χ1n) is 6.11. The Morgan fingerprint density at radius 1 is 1.35 bits per heavy atom. The van der Waals surface area contributed by atoms with E-state index in [0.29, 0.717) is 6.04 Å². The Hall–Kier alpha value is -0.930. The minimum atomic E-state index is -0.152. The minimum Gasteiger partial charge on any atom is -0.312 e. The second kappa shape index (κ2) is 5.61. The Balaban J connectivity index is 2.27. The molecule has 1 atom stereocenters. The zero-order chi connectivity index (χ0) is 12.3. The Morgan fingerprint density at radius 3 is 2.88 bits per heavy atom. The molecule has 1 aromatic heterocycles. The number of fused-ring (bicyclic) bond motifs is 1. The first-order chi connectivity index (χ1) is 8.24. The van der Waals surface area contributed by atoms with E-state index < -0.39 is 0 Å². The highest BCUT2D eigenvalue weighted by atomic mass is 32.1. The van der Waals surface area contributed by atoms with Crippen LogP contribution in [0.1, 0.15) is 37.1 Å². The van der Waals surface area contributed by atoms with Gasteiger partial charge in [-0.1, -0.05) is 25.8 Å². The lowest BCUT2D eigenvalue weighted by Gasteiger charge is -2.13. The van der Waals surface area contributed by atoms with Gasteiger partial charge < -0.3 is 5.32 Å². The summed E-state index contributed by atoms with van der Waals surface area (Å²) < 4.78 is 14.2. The van der Waals surface area contributed by atoms with Crippen molar-refractivity contribution in [3.8, 4) is 0 Å². The summed E-state index contributed by atoms with van der Waals surface area (Å²) in [4.78, 5) is 1.31. The molecule has 1 nitrogen and oxygen atoms in total. The van der Waals surface area contributed by atoms with Crippen LogP contribution in [0, 0.1) is 5.82 Å². The third-order valence-electron chi connectivity index (χ3n) is 3.04. The van der Waals surface area contributed by atoms with Gasteiger partial charge in [0.05, 0.1) is 0 Å². The van der Waals surface area contributed by atoms with Crippen molar-refractivity contribution >= 4 is 21.4 Å². The molecular formula is C14H18FNS. The largest absolute Gasteiger partial charge is 0.312 e. The molecule has 0 aliphatic rings. The third-order valence-corrected chi connectivity index (χ3v) is 4.25. The first kappa shape index (κ1) is 12.5. The van der Waals surface area contributed by atoms with Gasteiger partial charge in [0.15, 0.2) is 0 Å². The van der Waals surface area contributed by atoms with Gasteiger partial charge in [0, 0.05) is 15.6 Å². The average molecular weight is 251 g/mol. The normalized spacial score (nSPS) is 13.1. The van der Waals surface area contributed by atoms with E-state index in [2.05, 4.69) is 18.3 Å². The van der Waals surface area contributed by atoms with Gasteiger partial charge in [-0.05, 0) is 37.1 Å². The Morgan fingerprint density at radius 2 is 2.18 bits per heavy atom. The fourth-order valence-electron chi connectivity index (χ4n) is 2.03. The van der Waals surface area contributed by atoms with Crippen molar-refractivity contribution in [1.29, 1.82) is 0 Å². The molecule has 17 heavy (non-hydrogen) atoms. The van der Waals surface area contributed by atoms with Crippen molar-refractivity contribution in [2.75, 3.05) is 7.05 Å². The quantitative estimate of drug-likeness (QED) is 0.825. The van der Waals surface area contributed by atoms with Crippen LogP contribution in [0.2, 0.25) is 0 Å². The fourth-order valence-corrected chi connectivity index (χ4v) is 3.27. The summed E-state index contributed by atoms with van der Waals surface area (Å²) in [5, 5.41) is 4.49. The average Bonchev–Trinajstić information content (AvgIpc) is 2.72. The molecule has 1 unspecified atom stereocenters. The second-order valence-corrected chi connectivity index (χ2v) is 5.43. The Bertz CT molecular complexity index is 492. The first-order valence-corrected chi connectivity index (χ1v) is 6.92. The van der Waals surface area contributed by atoms with Crippen molar-refractivity contribution in [1.82, 2.24) is 5.32 Å². The van der Waals surface area contributed by atoms with Gasteiger partial charge in [-0.15, -0.1) is 11.3 Å². The van der Waals surface area contributed by atoms with Crippen LogP contribution in [0.25, 0.3) is 10.1 Å². The maximum Gasteiger partial charge on any atom is 0.124 e. The van der Waals surface area contributed by atoms with Gasteiger partial charge in [-0.2, -0.15) is 0 Å². The lowest BCUT2D eigenvalue weighted by Crippen LogP contribution is -2.14. The summed E-state index contributed by atoms with van der Waals surface area (Å²) in [5.41, 5.74) is 0. The maximum absolute atomic E-state index is 13.1. The SMILES string of the molecule is CCCCC(NC)c1cc2ccc(F)cc2s1.